The van der Waals surface area contributed by atoms with Crippen molar-refractivity contribution in [3.8, 4) is 11.8 Å². The summed E-state index contributed by atoms with van der Waals surface area (Å²) in [6.45, 7) is 2.32. The maximum absolute atomic E-state index is 11.5. The van der Waals surface area contributed by atoms with Gasteiger partial charge >= 0.3 is 5.97 Å². The van der Waals surface area contributed by atoms with Crippen molar-refractivity contribution in [1.82, 2.24) is 0 Å². The van der Waals surface area contributed by atoms with Crippen LogP contribution in [0.3, 0.4) is 0 Å². The largest absolute Gasteiger partial charge is 0.508 e. The Morgan fingerprint density at radius 3 is 2.92 bits per heavy atom. The summed E-state index contributed by atoms with van der Waals surface area (Å²) in [5.74, 6) is 0.105. The van der Waals surface area contributed by atoms with E-state index in [2.05, 4.69) is 13.0 Å². The van der Waals surface area contributed by atoms with Gasteiger partial charge in [0, 0.05) is 0 Å². The Hall–Kier alpha value is -2.02. The van der Waals surface area contributed by atoms with Gasteiger partial charge in [-0.25, -0.2) is 0 Å². The maximum Gasteiger partial charge on any atom is 0.321 e. The van der Waals surface area contributed by atoms with E-state index >= 15 is 0 Å². The molecule has 2 N–H and O–H groups in total. The van der Waals surface area contributed by atoms with Gasteiger partial charge in [0.25, 0.3) is 0 Å². The van der Waals surface area contributed by atoms with Crippen LogP contribution >= 0.6 is 0 Å². The zero-order chi connectivity index (χ0) is 17.8. The van der Waals surface area contributed by atoms with Gasteiger partial charge in [-0.3, -0.25) is 4.79 Å². The minimum Gasteiger partial charge on any atom is -0.508 e. The third-order valence-electron chi connectivity index (χ3n) is 7.39. The molecule has 0 amide bonds. The number of carboxylic acid groups (broad SMARTS) is 1. The number of rotatable bonds is 2. The molecule has 25 heavy (non-hydrogen) atoms. The Morgan fingerprint density at radius 1 is 1.40 bits per heavy atom. The average Bonchev–Trinajstić information content (AvgIpc) is 2.91. The second-order valence-electron chi connectivity index (χ2n) is 8.64. The molecular weight excluding hydrogens is 314 g/mol. The number of fused-ring (bicyclic) bond motifs is 5. The van der Waals surface area contributed by atoms with E-state index in [1.54, 1.807) is 6.07 Å². The molecule has 0 bridgehead atoms. The standard InChI is InChI=1S/C21H25NO3/c1-21-7-6-16-15-5-3-14(23)8-12(15)2-4-17(16)19(21)9-13(10-21)18(11-22)20(24)25/h3,5,8,13,16-19,23H,2,4,6-7,9-10H2,1H3,(H,24,25)/t13-,16-,17-,18?,19+,21-/m1/s1. The Kier molecular flexibility index (Phi) is 3.79. The molecule has 0 aromatic heterocycles. The SMILES string of the molecule is C[C@]12CC[C@@H]3c4ccc(O)cc4CC[C@H]3[C@@H]1C[C@@H](C(C#N)C(=O)O)C2. The Morgan fingerprint density at radius 2 is 2.20 bits per heavy atom. The fourth-order valence-electron chi connectivity index (χ4n) is 6.30. The molecule has 0 spiro atoms. The molecule has 3 aliphatic carbocycles. The van der Waals surface area contributed by atoms with Crippen LogP contribution in [0.2, 0.25) is 0 Å². The fraction of sp³-hybridized carbons (Fsp3) is 0.619. The van der Waals surface area contributed by atoms with Crippen LogP contribution < -0.4 is 0 Å². The molecule has 2 fully saturated rings. The van der Waals surface area contributed by atoms with Crippen molar-refractivity contribution in [2.75, 3.05) is 0 Å². The highest BCUT2D eigenvalue weighted by Gasteiger charge is 2.54. The maximum atomic E-state index is 11.5. The van der Waals surface area contributed by atoms with Crippen LogP contribution in [0.25, 0.3) is 0 Å². The number of aliphatic carboxylic acids is 1. The molecule has 4 heteroatoms. The van der Waals surface area contributed by atoms with Crippen molar-refractivity contribution < 1.29 is 15.0 Å². The van der Waals surface area contributed by atoms with Crippen LogP contribution in [-0.4, -0.2) is 16.2 Å². The highest BCUT2D eigenvalue weighted by Crippen LogP contribution is 2.63. The summed E-state index contributed by atoms with van der Waals surface area (Å²) in [5, 5.41) is 28.5. The van der Waals surface area contributed by atoms with Crippen LogP contribution in [-0.2, 0) is 11.2 Å². The van der Waals surface area contributed by atoms with Gasteiger partial charge in [0.2, 0.25) is 0 Å². The third kappa shape index (κ3) is 2.52. The van der Waals surface area contributed by atoms with Gasteiger partial charge in [-0.2, -0.15) is 5.26 Å². The molecule has 0 radical (unpaired) electrons. The molecule has 0 heterocycles. The monoisotopic (exact) mass is 339 g/mol. The highest BCUT2D eigenvalue weighted by molar-refractivity contribution is 5.73. The molecule has 1 unspecified atom stereocenters. The first-order valence-electron chi connectivity index (χ1n) is 9.37. The summed E-state index contributed by atoms with van der Waals surface area (Å²) in [7, 11) is 0. The third-order valence-corrected chi connectivity index (χ3v) is 7.39. The van der Waals surface area contributed by atoms with Crippen molar-refractivity contribution in [3.05, 3.63) is 29.3 Å². The van der Waals surface area contributed by atoms with E-state index < -0.39 is 11.9 Å². The van der Waals surface area contributed by atoms with E-state index in [0.29, 0.717) is 23.5 Å². The number of nitriles is 1. The van der Waals surface area contributed by atoms with Gasteiger partial charge in [-0.05, 0) is 90.9 Å². The zero-order valence-corrected chi connectivity index (χ0v) is 14.6. The molecule has 6 atom stereocenters. The number of hydrogen-bond donors (Lipinski definition) is 2. The van der Waals surface area contributed by atoms with Crippen LogP contribution in [0.4, 0.5) is 0 Å². The first-order chi connectivity index (χ1) is 11.9. The minimum absolute atomic E-state index is 0.0162. The van der Waals surface area contributed by atoms with Crippen LogP contribution in [0.15, 0.2) is 18.2 Å². The van der Waals surface area contributed by atoms with E-state index in [-0.39, 0.29) is 11.3 Å². The summed E-state index contributed by atoms with van der Waals surface area (Å²) in [6, 6.07) is 7.83. The molecule has 0 saturated heterocycles. The highest BCUT2D eigenvalue weighted by atomic mass is 16.4. The topological polar surface area (TPSA) is 81.3 Å². The van der Waals surface area contributed by atoms with Gasteiger partial charge in [0.1, 0.15) is 11.7 Å². The lowest BCUT2D eigenvalue weighted by molar-refractivity contribution is -0.141. The predicted molar refractivity (Wildman–Crippen MR) is 93.0 cm³/mol. The number of nitrogens with zero attached hydrogens (tertiary/aromatic N) is 1. The Labute approximate surface area is 148 Å². The number of benzene rings is 1. The molecule has 1 aromatic carbocycles. The summed E-state index contributed by atoms with van der Waals surface area (Å²) in [4.78, 5) is 11.5. The normalized spacial score (nSPS) is 37.3. The second kappa shape index (κ2) is 5.76. The lowest BCUT2D eigenvalue weighted by atomic mass is 9.56. The van der Waals surface area contributed by atoms with Crippen molar-refractivity contribution >= 4 is 5.97 Å². The van der Waals surface area contributed by atoms with Crippen LogP contribution in [0.1, 0.15) is 56.1 Å². The summed E-state index contributed by atoms with van der Waals surface area (Å²) in [5.41, 5.74) is 2.83. The number of hydrogen-bond acceptors (Lipinski definition) is 3. The number of phenols is 1. The van der Waals surface area contributed by atoms with E-state index in [1.807, 2.05) is 12.1 Å². The van der Waals surface area contributed by atoms with Crippen molar-refractivity contribution in [2.45, 2.75) is 51.4 Å². The van der Waals surface area contributed by atoms with Gasteiger partial charge < -0.3 is 10.2 Å². The van der Waals surface area contributed by atoms with E-state index in [9.17, 15) is 20.3 Å². The molecule has 0 aliphatic heterocycles. The van der Waals surface area contributed by atoms with Gasteiger partial charge in [0.05, 0.1) is 6.07 Å². The average molecular weight is 339 g/mol. The van der Waals surface area contributed by atoms with Gasteiger partial charge in [-0.15, -0.1) is 0 Å². The summed E-state index contributed by atoms with van der Waals surface area (Å²) in [6.07, 6.45) is 6.07. The molecule has 3 aliphatic rings. The number of carboxylic acids is 1. The van der Waals surface area contributed by atoms with Gasteiger partial charge in [-0.1, -0.05) is 13.0 Å². The second-order valence-corrected chi connectivity index (χ2v) is 8.64. The number of phenolic OH excluding ortho intramolecular Hbond substituents is 1. The number of aryl methyl sites for hydroxylation is 1. The molecule has 2 saturated carbocycles. The Bertz CT molecular complexity index is 752. The predicted octanol–water partition coefficient (Wildman–Crippen LogP) is 4.09. The van der Waals surface area contributed by atoms with Gasteiger partial charge in [0.15, 0.2) is 0 Å². The molecule has 1 aromatic rings. The van der Waals surface area contributed by atoms with Crippen molar-refractivity contribution in [1.29, 1.82) is 5.26 Å². The number of carbonyl (C=O) groups is 1. The zero-order valence-electron chi connectivity index (χ0n) is 14.6. The lowest BCUT2D eigenvalue weighted by Crippen LogP contribution is -2.39. The number of aromatic hydroxyl groups is 1. The molecule has 4 rings (SSSR count). The van der Waals surface area contributed by atoms with Crippen molar-refractivity contribution in [2.24, 2.45) is 29.1 Å². The summed E-state index contributed by atoms with van der Waals surface area (Å²) < 4.78 is 0. The van der Waals surface area contributed by atoms with Crippen LogP contribution in [0.5, 0.6) is 5.75 Å². The molecular formula is C21H25NO3. The summed E-state index contributed by atoms with van der Waals surface area (Å²) >= 11 is 0. The quantitative estimate of drug-likeness (QED) is 0.850. The molecule has 132 valence electrons. The smallest absolute Gasteiger partial charge is 0.321 e. The minimum atomic E-state index is -0.962. The first kappa shape index (κ1) is 16.4. The van der Waals surface area contributed by atoms with E-state index in [4.69, 9.17) is 0 Å². The van der Waals surface area contributed by atoms with E-state index in [0.717, 1.165) is 38.5 Å². The molecule has 4 nitrogen and oxygen atoms in total. The van der Waals surface area contributed by atoms with E-state index in [1.165, 1.54) is 11.1 Å². The fourth-order valence-corrected chi connectivity index (χ4v) is 6.30. The van der Waals surface area contributed by atoms with Crippen LogP contribution in [0, 0.1) is 40.4 Å². The Balaban J connectivity index is 1.63. The first-order valence-corrected chi connectivity index (χ1v) is 9.37. The van der Waals surface area contributed by atoms with Crippen molar-refractivity contribution in [3.63, 3.8) is 0 Å². The lowest BCUT2D eigenvalue weighted by Gasteiger charge is -2.49.